The van der Waals surface area contributed by atoms with Crippen molar-refractivity contribution in [1.29, 1.82) is 0 Å². The van der Waals surface area contributed by atoms with E-state index >= 15 is 0 Å². The number of thiophene rings is 1. The van der Waals surface area contributed by atoms with Gasteiger partial charge in [-0.3, -0.25) is 4.79 Å². The van der Waals surface area contributed by atoms with E-state index in [4.69, 9.17) is 16.3 Å². The lowest BCUT2D eigenvalue weighted by atomic mass is 10.2. The largest absolute Gasteiger partial charge is 0.489 e. The van der Waals surface area contributed by atoms with E-state index in [1.807, 2.05) is 78.9 Å². The smallest absolute Gasteiger partial charge is 0.283 e. The Morgan fingerprint density at radius 3 is 2.48 bits per heavy atom. The van der Waals surface area contributed by atoms with Crippen LogP contribution >= 0.6 is 22.9 Å². The average molecular weight is 421 g/mol. The number of carbonyl (C=O) groups is 1. The molecule has 1 aromatic heterocycles. The topological polar surface area (TPSA) is 50.7 Å². The lowest BCUT2D eigenvalue weighted by Gasteiger charge is -2.06. The lowest BCUT2D eigenvalue weighted by molar-refractivity contribution is 0.0959. The molecule has 1 amide bonds. The predicted octanol–water partition coefficient (Wildman–Crippen LogP) is 5.90. The van der Waals surface area contributed by atoms with Crippen LogP contribution in [0, 0.1) is 0 Å². The summed E-state index contributed by atoms with van der Waals surface area (Å²) in [5.41, 5.74) is 4.49. The maximum absolute atomic E-state index is 12.4. The van der Waals surface area contributed by atoms with Gasteiger partial charge in [-0.1, -0.05) is 60.1 Å². The maximum Gasteiger partial charge on any atom is 0.283 e. The van der Waals surface area contributed by atoms with E-state index in [0.717, 1.165) is 27.0 Å². The van der Waals surface area contributed by atoms with Crippen molar-refractivity contribution in [2.45, 2.75) is 6.61 Å². The quantitative estimate of drug-likeness (QED) is 0.312. The Bertz CT molecular complexity index is 1150. The van der Waals surface area contributed by atoms with Gasteiger partial charge in [-0.05, 0) is 41.5 Å². The molecule has 1 N–H and O–H groups in total. The molecule has 0 saturated heterocycles. The summed E-state index contributed by atoms with van der Waals surface area (Å²) in [5.74, 6) is 0.447. The van der Waals surface area contributed by atoms with Crippen LogP contribution in [-0.2, 0) is 6.61 Å². The second-order valence-corrected chi connectivity index (χ2v) is 7.71. The van der Waals surface area contributed by atoms with Gasteiger partial charge in [0.25, 0.3) is 5.91 Å². The first-order valence-corrected chi connectivity index (χ1v) is 10.2. The van der Waals surface area contributed by atoms with Gasteiger partial charge in [0.1, 0.15) is 17.2 Å². The minimum absolute atomic E-state index is 0.324. The molecule has 0 bridgehead atoms. The Kier molecular flexibility index (Phi) is 5.89. The van der Waals surface area contributed by atoms with Gasteiger partial charge in [-0.25, -0.2) is 5.43 Å². The van der Waals surface area contributed by atoms with Crippen LogP contribution in [0.4, 0.5) is 0 Å². The number of hydrogen-bond donors (Lipinski definition) is 1. The van der Waals surface area contributed by atoms with Gasteiger partial charge in [0.2, 0.25) is 0 Å². The first-order valence-electron chi connectivity index (χ1n) is 8.98. The van der Waals surface area contributed by atoms with Crippen LogP contribution < -0.4 is 10.2 Å². The average Bonchev–Trinajstić information content (AvgIpc) is 3.11. The minimum Gasteiger partial charge on any atom is -0.489 e. The number of hydrogen-bond acceptors (Lipinski definition) is 4. The van der Waals surface area contributed by atoms with Gasteiger partial charge in [0, 0.05) is 10.1 Å². The number of nitrogens with zero attached hydrogens (tertiary/aromatic N) is 1. The summed E-state index contributed by atoms with van der Waals surface area (Å²) in [4.78, 5) is 12.8. The van der Waals surface area contributed by atoms with Gasteiger partial charge >= 0.3 is 0 Å². The summed E-state index contributed by atoms with van der Waals surface area (Å²) in [7, 11) is 0. The van der Waals surface area contributed by atoms with Crippen LogP contribution in [0.1, 0.15) is 20.8 Å². The van der Waals surface area contributed by atoms with E-state index < -0.39 is 0 Å². The van der Waals surface area contributed by atoms with E-state index in [0.29, 0.717) is 16.5 Å². The fraction of sp³-hybridized carbons (Fsp3) is 0.0435. The van der Waals surface area contributed by atoms with Gasteiger partial charge < -0.3 is 4.74 Å². The third kappa shape index (κ3) is 4.65. The van der Waals surface area contributed by atoms with Crippen molar-refractivity contribution < 1.29 is 9.53 Å². The molecule has 4 nitrogen and oxygen atoms in total. The molecule has 1 heterocycles. The summed E-state index contributed by atoms with van der Waals surface area (Å²) in [6, 6.07) is 25.1. The highest BCUT2D eigenvalue weighted by molar-refractivity contribution is 7.21. The molecule has 0 aliphatic heterocycles. The van der Waals surface area contributed by atoms with Crippen molar-refractivity contribution in [3.05, 3.63) is 99.9 Å². The molecule has 29 heavy (non-hydrogen) atoms. The fourth-order valence-electron chi connectivity index (χ4n) is 2.77. The zero-order valence-corrected chi connectivity index (χ0v) is 16.9. The monoisotopic (exact) mass is 420 g/mol. The molecule has 4 rings (SSSR count). The second-order valence-electron chi connectivity index (χ2n) is 6.28. The SMILES string of the molecule is O=C(N/N=C\c1ccc(OCc2ccccc2)cc1)c1sc2ccccc2c1Cl. The summed E-state index contributed by atoms with van der Waals surface area (Å²) >= 11 is 7.67. The molecule has 0 aliphatic carbocycles. The number of ether oxygens (including phenoxy) is 1. The van der Waals surface area contributed by atoms with Gasteiger partial charge in [-0.2, -0.15) is 5.10 Å². The number of carbonyl (C=O) groups excluding carboxylic acids is 1. The fourth-order valence-corrected chi connectivity index (χ4v) is 4.17. The van der Waals surface area contributed by atoms with Crippen molar-refractivity contribution in [3.8, 4) is 5.75 Å². The zero-order valence-electron chi connectivity index (χ0n) is 15.3. The number of nitrogens with one attached hydrogen (secondary N) is 1. The second kappa shape index (κ2) is 8.90. The normalized spacial score (nSPS) is 11.1. The van der Waals surface area contributed by atoms with Crippen LogP contribution in [0.25, 0.3) is 10.1 Å². The highest BCUT2D eigenvalue weighted by Gasteiger charge is 2.16. The van der Waals surface area contributed by atoms with E-state index in [9.17, 15) is 4.79 Å². The number of halogens is 1. The Morgan fingerprint density at radius 2 is 1.72 bits per heavy atom. The first kappa shape index (κ1) is 19.2. The highest BCUT2D eigenvalue weighted by Crippen LogP contribution is 2.34. The van der Waals surface area contributed by atoms with E-state index in [2.05, 4.69) is 10.5 Å². The van der Waals surface area contributed by atoms with Gasteiger partial charge in [-0.15, -0.1) is 11.3 Å². The minimum atomic E-state index is -0.324. The maximum atomic E-state index is 12.4. The molecule has 0 aliphatic rings. The lowest BCUT2D eigenvalue weighted by Crippen LogP contribution is -2.16. The highest BCUT2D eigenvalue weighted by atomic mass is 35.5. The Balaban J connectivity index is 1.35. The summed E-state index contributed by atoms with van der Waals surface area (Å²) in [6.07, 6.45) is 1.58. The molecule has 144 valence electrons. The number of amides is 1. The third-order valence-electron chi connectivity index (χ3n) is 4.25. The molecule has 0 saturated carbocycles. The van der Waals surface area contributed by atoms with Crippen LogP contribution in [0.5, 0.6) is 5.75 Å². The van der Waals surface area contributed by atoms with Crippen LogP contribution in [0.3, 0.4) is 0 Å². The number of benzene rings is 3. The van der Waals surface area contributed by atoms with Gasteiger partial charge in [0.05, 0.1) is 11.2 Å². The molecular weight excluding hydrogens is 404 g/mol. The summed E-state index contributed by atoms with van der Waals surface area (Å²) in [5, 5.41) is 5.37. The number of rotatable bonds is 6. The molecule has 0 unspecified atom stereocenters. The van der Waals surface area contributed by atoms with Gasteiger partial charge in [0.15, 0.2) is 0 Å². The molecule has 0 atom stereocenters. The predicted molar refractivity (Wildman–Crippen MR) is 119 cm³/mol. The molecule has 0 fully saturated rings. The van der Waals surface area contributed by atoms with E-state index in [1.165, 1.54) is 11.3 Å². The molecule has 0 radical (unpaired) electrons. The summed E-state index contributed by atoms with van der Waals surface area (Å²) < 4.78 is 6.73. The number of hydrazone groups is 1. The van der Waals surface area contributed by atoms with Crippen LogP contribution in [0.2, 0.25) is 5.02 Å². The van der Waals surface area contributed by atoms with Crippen molar-refractivity contribution >= 4 is 45.1 Å². The van der Waals surface area contributed by atoms with Crippen molar-refractivity contribution in [2.24, 2.45) is 5.10 Å². The molecular formula is C23H17ClN2O2S. The van der Waals surface area contributed by atoms with E-state index in [-0.39, 0.29) is 5.91 Å². The molecule has 6 heteroatoms. The molecule has 3 aromatic carbocycles. The zero-order chi connectivity index (χ0) is 20.1. The third-order valence-corrected chi connectivity index (χ3v) is 5.92. The first-order chi connectivity index (χ1) is 14.2. The van der Waals surface area contributed by atoms with Crippen molar-refractivity contribution in [1.82, 2.24) is 5.43 Å². The Hall–Kier alpha value is -3.15. The van der Waals surface area contributed by atoms with Crippen LogP contribution in [-0.4, -0.2) is 12.1 Å². The number of fused-ring (bicyclic) bond motifs is 1. The Morgan fingerprint density at radius 1 is 1.00 bits per heavy atom. The van der Waals surface area contributed by atoms with E-state index in [1.54, 1.807) is 6.21 Å². The summed E-state index contributed by atoms with van der Waals surface area (Å²) in [6.45, 7) is 0.514. The molecule has 4 aromatic rings. The van der Waals surface area contributed by atoms with Crippen LogP contribution in [0.15, 0.2) is 84.0 Å². The molecule has 0 spiro atoms. The Labute approximate surface area is 177 Å². The van der Waals surface area contributed by atoms with Crippen molar-refractivity contribution in [2.75, 3.05) is 0 Å². The van der Waals surface area contributed by atoms with Crippen molar-refractivity contribution in [3.63, 3.8) is 0 Å². The standard InChI is InChI=1S/C23H17ClN2O2S/c24-21-19-8-4-5-9-20(19)29-22(21)23(27)26-25-14-16-10-12-18(13-11-16)28-15-17-6-2-1-3-7-17/h1-14H,15H2,(H,26,27)/b25-14-.